The van der Waals surface area contributed by atoms with E-state index in [-0.39, 0.29) is 0 Å². The van der Waals surface area contributed by atoms with E-state index >= 15 is 0 Å². The number of anilines is 3. The molecule has 10 aromatic rings. The van der Waals surface area contributed by atoms with Crippen LogP contribution >= 0.6 is 0 Å². The van der Waals surface area contributed by atoms with Gasteiger partial charge in [0.2, 0.25) is 5.71 Å². The summed E-state index contributed by atoms with van der Waals surface area (Å²) in [5.41, 5.74) is 9.22. The van der Waals surface area contributed by atoms with Crippen LogP contribution in [-0.2, 0) is 0 Å². The van der Waals surface area contributed by atoms with Crippen molar-refractivity contribution in [2.24, 2.45) is 0 Å². The molecule has 0 bridgehead atoms. The van der Waals surface area contributed by atoms with Gasteiger partial charge in [0.1, 0.15) is 0 Å². The molecule has 0 saturated carbocycles. The summed E-state index contributed by atoms with van der Waals surface area (Å²) >= 11 is 0. The molecule has 0 radical (unpaired) electrons. The molecule has 0 aliphatic carbocycles. The SMILES string of the molecule is c1ccc(-c2ccc(N(c3ccc(-c4ccc5ccc6c7ccccc7ccc6c5c4)cc3)c3cccc4c3oc3ncccc34)cc2)cc1. The summed E-state index contributed by atoms with van der Waals surface area (Å²) in [4.78, 5) is 6.80. The Hall–Kier alpha value is -6.71. The van der Waals surface area contributed by atoms with Crippen molar-refractivity contribution in [1.82, 2.24) is 4.98 Å². The Morgan fingerprint density at radius 3 is 1.74 bits per heavy atom. The first-order valence-electron chi connectivity index (χ1n) is 17.0. The van der Waals surface area contributed by atoms with Gasteiger partial charge < -0.3 is 9.32 Å². The van der Waals surface area contributed by atoms with Gasteiger partial charge >= 0.3 is 0 Å². The maximum Gasteiger partial charge on any atom is 0.227 e. The fraction of sp³-hybridized carbons (Fsp3) is 0. The molecule has 10 rings (SSSR count). The Morgan fingerprint density at radius 2 is 0.960 bits per heavy atom. The highest BCUT2D eigenvalue weighted by Gasteiger charge is 2.20. The first kappa shape index (κ1) is 28.3. The summed E-state index contributed by atoms with van der Waals surface area (Å²) in [6.45, 7) is 0. The molecule has 50 heavy (non-hydrogen) atoms. The zero-order valence-electron chi connectivity index (χ0n) is 27.1. The van der Waals surface area contributed by atoms with E-state index in [0.29, 0.717) is 5.71 Å². The number of aromatic nitrogens is 1. The van der Waals surface area contributed by atoms with Gasteiger partial charge in [0.25, 0.3) is 0 Å². The minimum atomic E-state index is 0.640. The average molecular weight is 639 g/mol. The van der Waals surface area contributed by atoms with Gasteiger partial charge in [0.05, 0.1) is 5.69 Å². The molecule has 0 aliphatic rings. The van der Waals surface area contributed by atoms with Crippen LogP contribution in [0.4, 0.5) is 17.1 Å². The second-order valence-electron chi connectivity index (χ2n) is 12.8. The molecule has 2 heterocycles. The maximum atomic E-state index is 6.44. The number of para-hydroxylation sites is 1. The zero-order valence-corrected chi connectivity index (χ0v) is 27.1. The molecule has 2 aromatic heterocycles. The van der Waals surface area contributed by atoms with Crippen molar-refractivity contribution in [1.29, 1.82) is 0 Å². The molecule has 0 amide bonds. The first-order chi connectivity index (χ1) is 24.8. The number of hydrogen-bond donors (Lipinski definition) is 0. The molecule has 0 atom stereocenters. The molecule has 3 heteroatoms. The van der Waals surface area contributed by atoms with Crippen molar-refractivity contribution in [3.8, 4) is 22.3 Å². The standard InChI is InChI=1S/C47H30N2O/c1-2-8-31(9-3-1)32-17-23-37(24-18-32)49(45-14-6-12-42-43-13-7-29-48-47(43)50-46(42)45)38-25-19-33(20-26-38)36-16-15-35-22-27-40-39-11-5-4-10-34(39)21-28-41(40)44(35)30-36/h1-30H. The summed E-state index contributed by atoms with van der Waals surface area (Å²) in [6.07, 6.45) is 1.78. The summed E-state index contributed by atoms with van der Waals surface area (Å²) in [5, 5.41) is 9.67. The summed E-state index contributed by atoms with van der Waals surface area (Å²) < 4.78 is 6.44. The lowest BCUT2D eigenvalue weighted by Gasteiger charge is -2.26. The summed E-state index contributed by atoms with van der Waals surface area (Å²) in [6, 6.07) is 62.9. The molecule has 3 nitrogen and oxygen atoms in total. The summed E-state index contributed by atoms with van der Waals surface area (Å²) in [5.74, 6) is 0. The van der Waals surface area contributed by atoms with Gasteiger partial charge in [-0.25, -0.2) is 4.98 Å². The Labute approximate surface area is 289 Å². The van der Waals surface area contributed by atoms with Crippen LogP contribution in [0.2, 0.25) is 0 Å². The highest BCUT2D eigenvalue weighted by molar-refractivity contribution is 6.17. The van der Waals surface area contributed by atoms with Crippen LogP contribution in [-0.4, -0.2) is 4.98 Å². The minimum Gasteiger partial charge on any atom is -0.435 e. The Morgan fingerprint density at radius 1 is 0.380 bits per heavy atom. The van der Waals surface area contributed by atoms with E-state index in [2.05, 4.69) is 174 Å². The highest BCUT2D eigenvalue weighted by atomic mass is 16.3. The number of nitrogens with zero attached hydrogens (tertiary/aromatic N) is 2. The average Bonchev–Trinajstić information content (AvgIpc) is 3.58. The van der Waals surface area contributed by atoms with Gasteiger partial charge in [0, 0.05) is 28.3 Å². The molecule has 0 aliphatic heterocycles. The third kappa shape index (κ3) is 4.63. The predicted octanol–water partition coefficient (Wildman–Crippen LogP) is 13.2. The van der Waals surface area contributed by atoms with Gasteiger partial charge in [-0.1, -0.05) is 127 Å². The number of hydrogen-bond acceptors (Lipinski definition) is 3. The number of furan rings is 1. The van der Waals surface area contributed by atoms with Gasteiger partial charge in [-0.05, 0) is 103 Å². The fourth-order valence-electron chi connectivity index (χ4n) is 7.46. The molecule has 0 saturated heterocycles. The third-order valence-electron chi connectivity index (χ3n) is 9.93. The third-order valence-corrected chi connectivity index (χ3v) is 9.93. The first-order valence-corrected chi connectivity index (χ1v) is 17.0. The molecule has 0 N–H and O–H groups in total. The molecule has 0 spiro atoms. The molecular weight excluding hydrogens is 609 g/mol. The van der Waals surface area contributed by atoms with E-state index in [4.69, 9.17) is 4.42 Å². The van der Waals surface area contributed by atoms with Crippen molar-refractivity contribution in [3.05, 3.63) is 182 Å². The quantitative estimate of drug-likeness (QED) is 0.176. The van der Waals surface area contributed by atoms with Gasteiger partial charge in [-0.3, -0.25) is 0 Å². The monoisotopic (exact) mass is 638 g/mol. The Kier molecular flexibility index (Phi) is 6.49. The van der Waals surface area contributed by atoms with Crippen LogP contribution in [0.1, 0.15) is 0 Å². The fourth-order valence-corrected chi connectivity index (χ4v) is 7.46. The number of pyridine rings is 1. The van der Waals surface area contributed by atoms with Crippen LogP contribution < -0.4 is 4.90 Å². The predicted molar refractivity (Wildman–Crippen MR) is 210 cm³/mol. The van der Waals surface area contributed by atoms with Crippen molar-refractivity contribution in [2.75, 3.05) is 4.90 Å². The van der Waals surface area contributed by atoms with Crippen LogP contribution in [0.25, 0.3) is 76.6 Å². The normalized spacial score (nSPS) is 11.6. The maximum absolute atomic E-state index is 6.44. The van der Waals surface area contributed by atoms with Gasteiger partial charge in [-0.2, -0.15) is 0 Å². The van der Waals surface area contributed by atoms with Crippen molar-refractivity contribution < 1.29 is 4.42 Å². The Balaban J connectivity index is 1.10. The Bertz CT molecular complexity index is 2850. The molecule has 234 valence electrons. The van der Waals surface area contributed by atoms with E-state index in [0.717, 1.165) is 33.4 Å². The van der Waals surface area contributed by atoms with Crippen molar-refractivity contribution in [2.45, 2.75) is 0 Å². The van der Waals surface area contributed by atoms with Crippen LogP contribution in [0.5, 0.6) is 0 Å². The second-order valence-corrected chi connectivity index (χ2v) is 12.8. The van der Waals surface area contributed by atoms with Crippen molar-refractivity contribution >= 4 is 71.4 Å². The van der Waals surface area contributed by atoms with Crippen molar-refractivity contribution in [3.63, 3.8) is 0 Å². The van der Waals surface area contributed by atoms with E-state index in [9.17, 15) is 0 Å². The molecule has 0 fully saturated rings. The zero-order chi connectivity index (χ0) is 33.0. The molecule has 0 unspecified atom stereocenters. The lowest BCUT2D eigenvalue weighted by molar-refractivity contribution is 0.654. The van der Waals surface area contributed by atoms with E-state index in [1.165, 1.54) is 54.6 Å². The number of benzene rings is 8. The van der Waals surface area contributed by atoms with E-state index < -0.39 is 0 Å². The molecule has 8 aromatic carbocycles. The van der Waals surface area contributed by atoms with Gasteiger partial charge in [0.15, 0.2) is 5.58 Å². The van der Waals surface area contributed by atoms with Crippen LogP contribution in [0.3, 0.4) is 0 Å². The second kappa shape index (κ2) is 11.5. The lowest BCUT2D eigenvalue weighted by Crippen LogP contribution is -2.10. The number of rotatable bonds is 5. The summed E-state index contributed by atoms with van der Waals surface area (Å²) in [7, 11) is 0. The van der Waals surface area contributed by atoms with Gasteiger partial charge in [-0.15, -0.1) is 0 Å². The largest absolute Gasteiger partial charge is 0.435 e. The minimum absolute atomic E-state index is 0.640. The van der Waals surface area contributed by atoms with E-state index in [1.807, 2.05) is 12.1 Å². The smallest absolute Gasteiger partial charge is 0.227 e. The topological polar surface area (TPSA) is 29.3 Å². The lowest BCUT2D eigenvalue weighted by atomic mass is 9.94. The van der Waals surface area contributed by atoms with E-state index in [1.54, 1.807) is 6.20 Å². The number of fused-ring (bicyclic) bond motifs is 8. The molecular formula is C47H30N2O. The van der Waals surface area contributed by atoms with Crippen LogP contribution in [0.15, 0.2) is 187 Å². The van der Waals surface area contributed by atoms with Crippen LogP contribution in [0, 0.1) is 0 Å². The highest BCUT2D eigenvalue weighted by Crippen LogP contribution is 2.43.